The van der Waals surface area contributed by atoms with Gasteiger partial charge in [0.05, 0.1) is 18.5 Å². The van der Waals surface area contributed by atoms with E-state index in [1.165, 1.54) is 31.9 Å². The van der Waals surface area contributed by atoms with Crippen LogP contribution in [0, 0.1) is 5.41 Å². The maximum absolute atomic E-state index is 13.8. The maximum atomic E-state index is 13.8. The summed E-state index contributed by atoms with van der Waals surface area (Å²) < 4.78 is 41.5. The molecule has 9 nitrogen and oxygen atoms in total. The minimum absolute atomic E-state index is 0.135. The molecular formula is C31H41F2N5O4S. The average molecular weight is 618 g/mol. The third-order valence-corrected chi connectivity index (χ3v) is 9.38. The number of hydrogen-bond donors (Lipinski definition) is 2. The van der Waals surface area contributed by atoms with Crippen LogP contribution < -0.4 is 24.6 Å². The average Bonchev–Trinajstić information content (AvgIpc) is 3.76. The van der Waals surface area contributed by atoms with Crippen LogP contribution >= 0.6 is 11.9 Å². The third-order valence-electron chi connectivity index (χ3n) is 8.54. The Balaban J connectivity index is 1.29. The maximum Gasteiger partial charge on any atom is 0.305 e. The molecule has 1 aliphatic carbocycles. The van der Waals surface area contributed by atoms with Gasteiger partial charge in [0.1, 0.15) is 12.3 Å². The summed E-state index contributed by atoms with van der Waals surface area (Å²) in [6.45, 7) is 4.87. The number of anilines is 3. The molecule has 5 rings (SSSR count). The van der Waals surface area contributed by atoms with E-state index in [-0.39, 0.29) is 43.5 Å². The first-order valence-corrected chi connectivity index (χ1v) is 16.0. The molecule has 1 aromatic carbocycles. The summed E-state index contributed by atoms with van der Waals surface area (Å²) in [6, 6.07) is 9.16. The van der Waals surface area contributed by atoms with Crippen molar-refractivity contribution in [2.75, 3.05) is 61.6 Å². The highest BCUT2D eigenvalue weighted by Gasteiger charge is 2.44. The Kier molecular flexibility index (Phi) is 9.95. The molecule has 1 saturated carbocycles. The molecule has 2 saturated heterocycles. The predicted molar refractivity (Wildman–Crippen MR) is 164 cm³/mol. The van der Waals surface area contributed by atoms with Crippen LogP contribution in [0.2, 0.25) is 0 Å². The Morgan fingerprint density at radius 1 is 1.00 bits per heavy atom. The van der Waals surface area contributed by atoms with E-state index in [4.69, 9.17) is 9.47 Å². The molecule has 2 N–H and O–H groups in total. The molecule has 0 radical (unpaired) electrons. The number of pyridine rings is 1. The number of carbonyl (C=O) groups is 2. The quantitative estimate of drug-likeness (QED) is 0.172. The normalized spacial score (nSPS) is 18.8. The lowest BCUT2D eigenvalue weighted by Gasteiger charge is -2.35. The highest BCUT2D eigenvalue weighted by atomic mass is 32.2. The molecule has 0 atom stereocenters. The fourth-order valence-corrected chi connectivity index (χ4v) is 6.30. The first-order chi connectivity index (χ1) is 20.7. The van der Waals surface area contributed by atoms with E-state index in [1.54, 1.807) is 17.0 Å². The topological polar surface area (TPSA) is 96.0 Å². The van der Waals surface area contributed by atoms with Crippen LogP contribution in [-0.2, 0) is 9.53 Å². The standard InChI is InChI=1S/C31H41F2N5O4S/c1-3-4-27(39)42-20-15-34-43-22-5-6-23(25(21-22)37-16-11-30(9-10-30)12-17-37)36-29(40)24-7-8-26(41-2)28(35-24)38-18-13-31(32,33)14-19-38/h5-8,21,34H,3-4,9-20H2,1-2H3,(H,36,40). The fraction of sp³-hybridized carbons (Fsp3) is 0.581. The van der Waals surface area contributed by atoms with Crippen molar-refractivity contribution in [1.29, 1.82) is 0 Å². The van der Waals surface area contributed by atoms with Gasteiger partial charge in [0, 0.05) is 56.9 Å². The highest BCUT2D eigenvalue weighted by molar-refractivity contribution is 7.97. The van der Waals surface area contributed by atoms with E-state index < -0.39 is 5.92 Å². The highest BCUT2D eigenvalue weighted by Crippen LogP contribution is 2.54. The minimum Gasteiger partial charge on any atom is -0.493 e. The van der Waals surface area contributed by atoms with E-state index in [1.807, 2.05) is 19.1 Å². The zero-order valence-corrected chi connectivity index (χ0v) is 25.7. The summed E-state index contributed by atoms with van der Waals surface area (Å²) in [5.41, 5.74) is 2.32. The molecule has 234 valence electrons. The fourth-order valence-electron chi connectivity index (χ4n) is 5.64. The predicted octanol–water partition coefficient (Wildman–Crippen LogP) is 5.90. The molecule has 1 spiro atoms. The van der Waals surface area contributed by atoms with Crippen molar-refractivity contribution in [3.8, 4) is 5.75 Å². The number of hydrogen-bond acceptors (Lipinski definition) is 9. The van der Waals surface area contributed by atoms with Crippen LogP contribution in [0.25, 0.3) is 0 Å². The number of piperidine rings is 2. The molecule has 2 aromatic rings. The zero-order valence-electron chi connectivity index (χ0n) is 24.9. The van der Waals surface area contributed by atoms with Gasteiger partial charge in [-0.3, -0.25) is 14.3 Å². The lowest BCUT2D eigenvalue weighted by Crippen LogP contribution is -2.40. The molecule has 2 aliphatic heterocycles. The van der Waals surface area contributed by atoms with E-state index in [0.29, 0.717) is 42.2 Å². The molecule has 12 heteroatoms. The van der Waals surface area contributed by atoms with Crippen molar-refractivity contribution in [2.45, 2.75) is 69.1 Å². The molecule has 3 heterocycles. The van der Waals surface area contributed by atoms with Crippen LogP contribution in [0.3, 0.4) is 0 Å². The van der Waals surface area contributed by atoms with Crippen molar-refractivity contribution >= 4 is 41.0 Å². The number of nitrogens with one attached hydrogen (secondary N) is 2. The molecule has 1 aromatic heterocycles. The number of carbonyl (C=O) groups excluding carboxylic acids is 2. The number of halogens is 2. The van der Waals surface area contributed by atoms with E-state index >= 15 is 0 Å². The molecule has 0 bridgehead atoms. The Morgan fingerprint density at radius 3 is 2.40 bits per heavy atom. The van der Waals surface area contributed by atoms with Crippen LogP contribution in [-0.4, -0.2) is 69.2 Å². The summed E-state index contributed by atoms with van der Waals surface area (Å²) >= 11 is 1.46. The summed E-state index contributed by atoms with van der Waals surface area (Å²) in [6.07, 6.45) is 5.52. The van der Waals surface area contributed by atoms with Crippen LogP contribution in [0.4, 0.5) is 26.0 Å². The van der Waals surface area contributed by atoms with E-state index in [2.05, 4.69) is 26.0 Å². The van der Waals surface area contributed by atoms with Gasteiger partial charge in [-0.25, -0.2) is 13.8 Å². The molecule has 43 heavy (non-hydrogen) atoms. The second-order valence-electron chi connectivity index (χ2n) is 11.7. The summed E-state index contributed by atoms with van der Waals surface area (Å²) in [4.78, 5) is 34.7. The molecule has 1 amide bonds. The number of ether oxygens (including phenoxy) is 2. The Bertz CT molecular complexity index is 1290. The largest absolute Gasteiger partial charge is 0.493 e. The van der Waals surface area contributed by atoms with Gasteiger partial charge in [0.25, 0.3) is 11.8 Å². The number of amides is 1. The van der Waals surface area contributed by atoms with Crippen molar-refractivity contribution in [1.82, 2.24) is 9.71 Å². The number of nitrogens with zero attached hydrogens (tertiary/aromatic N) is 3. The van der Waals surface area contributed by atoms with Crippen molar-refractivity contribution in [3.05, 3.63) is 36.0 Å². The zero-order chi connectivity index (χ0) is 30.5. The minimum atomic E-state index is -2.69. The van der Waals surface area contributed by atoms with Gasteiger partial charge < -0.3 is 24.6 Å². The number of rotatable bonds is 12. The first-order valence-electron chi connectivity index (χ1n) is 15.1. The number of benzene rings is 1. The van der Waals surface area contributed by atoms with Gasteiger partial charge in [-0.2, -0.15) is 0 Å². The van der Waals surface area contributed by atoms with Gasteiger partial charge in [-0.15, -0.1) is 0 Å². The van der Waals surface area contributed by atoms with Crippen LogP contribution in [0.15, 0.2) is 35.2 Å². The number of esters is 1. The third kappa shape index (κ3) is 8.08. The Morgan fingerprint density at radius 2 is 1.72 bits per heavy atom. The summed E-state index contributed by atoms with van der Waals surface area (Å²) in [7, 11) is 1.50. The summed E-state index contributed by atoms with van der Waals surface area (Å²) in [5, 5.41) is 3.06. The second-order valence-corrected chi connectivity index (χ2v) is 12.6. The van der Waals surface area contributed by atoms with Crippen molar-refractivity contribution in [3.63, 3.8) is 0 Å². The van der Waals surface area contributed by atoms with Gasteiger partial charge in [0.15, 0.2) is 11.6 Å². The molecule has 3 aliphatic rings. The lowest BCUT2D eigenvalue weighted by atomic mass is 9.93. The van der Waals surface area contributed by atoms with Gasteiger partial charge in [-0.05, 0) is 79.8 Å². The number of alkyl halides is 2. The van der Waals surface area contributed by atoms with Gasteiger partial charge >= 0.3 is 5.97 Å². The lowest BCUT2D eigenvalue weighted by molar-refractivity contribution is -0.143. The second kappa shape index (κ2) is 13.7. The Labute approximate surface area is 256 Å². The van der Waals surface area contributed by atoms with Gasteiger partial charge in [0.2, 0.25) is 0 Å². The van der Waals surface area contributed by atoms with E-state index in [9.17, 15) is 18.4 Å². The first kappa shape index (κ1) is 31.3. The SMILES string of the molecule is CCCC(=O)OCCNSc1ccc(NC(=O)c2ccc(OC)c(N3CCC(F)(F)CC3)n2)c(N2CCC3(CC2)CC3)c1. The van der Waals surface area contributed by atoms with Crippen molar-refractivity contribution < 1.29 is 27.8 Å². The summed E-state index contributed by atoms with van der Waals surface area (Å²) in [5.74, 6) is -2.42. The molecule has 0 unspecified atom stereocenters. The number of aromatic nitrogens is 1. The monoisotopic (exact) mass is 617 g/mol. The van der Waals surface area contributed by atoms with E-state index in [0.717, 1.165) is 42.9 Å². The van der Waals surface area contributed by atoms with Crippen LogP contribution in [0.1, 0.15) is 68.8 Å². The molecular weight excluding hydrogens is 576 g/mol. The molecule has 3 fully saturated rings. The Hall–Kier alpha value is -3.12. The smallest absolute Gasteiger partial charge is 0.305 e. The van der Waals surface area contributed by atoms with Crippen LogP contribution in [0.5, 0.6) is 5.75 Å². The van der Waals surface area contributed by atoms with Gasteiger partial charge in [-0.1, -0.05) is 6.92 Å². The number of methoxy groups -OCH3 is 1. The van der Waals surface area contributed by atoms with Crippen molar-refractivity contribution in [2.24, 2.45) is 5.41 Å².